The summed E-state index contributed by atoms with van der Waals surface area (Å²) in [6.45, 7) is 2.20. The molecule has 1 unspecified atom stereocenters. The van der Waals surface area contributed by atoms with E-state index in [0.29, 0.717) is 43.5 Å². The Balaban J connectivity index is 1.51. The van der Waals surface area contributed by atoms with E-state index in [1.807, 2.05) is 0 Å². The summed E-state index contributed by atoms with van der Waals surface area (Å²) >= 11 is 0. The summed E-state index contributed by atoms with van der Waals surface area (Å²) in [6, 6.07) is 0.0145. The highest BCUT2D eigenvalue weighted by Crippen LogP contribution is 2.42. The number of nitrogens with one attached hydrogen (secondary N) is 2. The summed E-state index contributed by atoms with van der Waals surface area (Å²) in [5, 5.41) is 9.83. The van der Waals surface area contributed by atoms with E-state index in [0.717, 1.165) is 18.5 Å². The number of aromatic amines is 1. The second kappa shape index (κ2) is 4.37. The van der Waals surface area contributed by atoms with E-state index in [2.05, 4.69) is 15.5 Å². The molecule has 1 aliphatic carbocycles. The van der Waals surface area contributed by atoms with Crippen molar-refractivity contribution < 1.29 is 9.59 Å². The predicted molar refractivity (Wildman–Crippen MR) is 74.8 cm³/mol. The summed E-state index contributed by atoms with van der Waals surface area (Å²) in [4.78, 5) is 27.7. The van der Waals surface area contributed by atoms with Gasteiger partial charge in [0.1, 0.15) is 0 Å². The van der Waals surface area contributed by atoms with Crippen LogP contribution in [-0.4, -0.2) is 64.2 Å². The highest BCUT2D eigenvalue weighted by Gasteiger charge is 2.38. The minimum absolute atomic E-state index is 0.0394. The number of nitrogens with zero attached hydrogens (tertiary/aromatic N) is 3. The van der Waals surface area contributed by atoms with Gasteiger partial charge in [-0.15, -0.1) is 0 Å². The lowest BCUT2D eigenvalue weighted by molar-refractivity contribution is 0.0612. The molecule has 8 nitrogen and oxygen atoms in total. The van der Waals surface area contributed by atoms with Gasteiger partial charge in [-0.2, -0.15) is 5.10 Å². The summed E-state index contributed by atoms with van der Waals surface area (Å²) in [7, 11) is 0. The van der Waals surface area contributed by atoms with E-state index in [4.69, 9.17) is 5.73 Å². The molecule has 4 N–H and O–H groups in total. The summed E-state index contributed by atoms with van der Waals surface area (Å²) in [5.74, 6) is 0.294. The van der Waals surface area contributed by atoms with Crippen molar-refractivity contribution in [1.29, 1.82) is 0 Å². The van der Waals surface area contributed by atoms with Crippen LogP contribution < -0.4 is 11.1 Å². The molecular weight excluding hydrogens is 272 g/mol. The Hall–Kier alpha value is -2.25. The Morgan fingerprint density at radius 3 is 2.90 bits per heavy atom. The van der Waals surface area contributed by atoms with E-state index in [9.17, 15) is 9.59 Å². The Kier molecular flexibility index (Phi) is 2.60. The maximum absolute atomic E-state index is 12.6. The van der Waals surface area contributed by atoms with Gasteiger partial charge in [0.15, 0.2) is 5.69 Å². The van der Waals surface area contributed by atoms with Gasteiger partial charge in [0.2, 0.25) is 0 Å². The molecule has 3 amide bonds. The maximum Gasteiger partial charge on any atom is 0.317 e. The highest BCUT2D eigenvalue weighted by molar-refractivity contribution is 5.98. The third-order valence-corrected chi connectivity index (χ3v) is 4.54. The fraction of sp³-hybridized carbons (Fsp3) is 0.615. The number of nitrogens with two attached hydrogens (primary N) is 1. The first-order valence-corrected chi connectivity index (χ1v) is 7.32. The maximum atomic E-state index is 12.6. The Labute approximate surface area is 121 Å². The van der Waals surface area contributed by atoms with Gasteiger partial charge in [-0.25, -0.2) is 4.79 Å². The minimum atomic E-state index is -0.144. The van der Waals surface area contributed by atoms with Gasteiger partial charge in [-0.3, -0.25) is 9.89 Å². The molecule has 3 aliphatic rings. The van der Waals surface area contributed by atoms with Crippen molar-refractivity contribution in [2.75, 3.05) is 31.9 Å². The van der Waals surface area contributed by atoms with Gasteiger partial charge in [-0.05, 0) is 12.8 Å². The molecule has 0 bridgehead atoms. The molecule has 8 heteroatoms. The zero-order chi connectivity index (χ0) is 14.6. The molecule has 2 saturated heterocycles. The predicted octanol–water partition coefficient (Wildman–Crippen LogP) is -0.281. The third-order valence-electron chi connectivity index (χ3n) is 4.54. The van der Waals surface area contributed by atoms with Crippen LogP contribution in [0.15, 0.2) is 0 Å². The average molecular weight is 290 g/mol. The molecule has 0 aromatic carbocycles. The molecule has 3 fully saturated rings. The fourth-order valence-corrected chi connectivity index (χ4v) is 3.15. The molecule has 1 aromatic heterocycles. The van der Waals surface area contributed by atoms with Crippen molar-refractivity contribution >= 4 is 17.6 Å². The molecule has 21 heavy (non-hydrogen) atoms. The Morgan fingerprint density at radius 1 is 1.33 bits per heavy atom. The first-order valence-electron chi connectivity index (χ1n) is 7.32. The van der Waals surface area contributed by atoms with Crippen molar-refractivity contribution in [3.63, 3.8) is 0 Å². The van der Waals surface area contributed by atoms with Gasteiger partial charge < -0.3 is 20.9 Å². The van der Waals surface area contributed by atoms with Crippen molar-refractivity contribution in [2.45, 2.75) is 24.8 Å². The molecule has 0 radical (unpaired) electrons. The number of H-pyrrole nitrogens is 1. The lowest BCUT2D eigenvalue weighted by atomic mass is 10.1. The van der Waals surface area contributed by atoms with Crippen LogP contribution in [-0.2, 0) is 0 Å². The van der Waals surface area contributed by atoms with Crippen molar-refractivity contribution in [3.8, 4) is 0 Å². The molecule has 0 spiro atoms. The lowest BCUT2D eigenvalue weighted by Gasteiger charge is -2.36. The summed E-state index contributed by atoms with van der Waals surface area (Å²) < 4.78 is 0. The first-order chi connectivity index (χ1) is 10.1. The van der Waals surface area contributed by atoms with Crippen LogP contribution in [0.1, 0.15) is 34.9 Å². The van der Waals surface area contributed by atoms with Crippen LogP contribution in [0, 0.1) is 0 Å². The number of rotatable bonds is 2. The number of nitrogen functional groups attached to an aromatic ring is 1. The topological polar surface area (TPSA) is 107 Å². The molecule has 112 valence electrons. The number of hydrogen-bond donors (Lipinski definition) is 3. The zero-order valence-corrected chi connectivity index (χ0v) is 11.6. The molecule has 3 heterocycles. The largest absolute Gasteiger partial charge is 0.395 e. The number of piperazine rings is 1. The van der Waals surface area contributed by atoms with Crippen LogP contribution in [0.2, 0.25) is 0 Å². The molecule has 2 aliphatic heterocycles. The van der Waals surface area contributed by atoms with Crippen LogP contribution in [0.5, 0.6) is 0 Å². The first kappa shape index (κ1) is 12.5. The number of amides is 3. The highest BCUT2D eigenvalue weighted by atomic mass is 16.2. The minimum Gasteiger partial charge on any atom is -0.395 e. The number of anilines is 1. The Bertz CT molecular complexity index is 608. The van der Waals surface area contributed by atoms with E-state index >= 15 is 0 Å². The molecular formula is C13H18N6O2. The van der Waals surface area contributed by atoms with Gasteiger partial charge in [0, 0.05) is 32.1 Å². The zero-order valence-electron chi connectivity index (χ0n) is 11.6. The van der Waals surface area contributed by atoms with Crippen LogP contribution in [0.3, 0.4) is 0 Å². The van der Waals surface area contributed by atoms with Crippen LogP contribution in [0.4, 0.5) is 10.5 Å². The smallest absolute Gasteiger partial charge is 0.317 e. The van der Waals surface area contributed by atoms with Crippen LogP contribution >= 0.6 is 0 Å². The Morgan fingerprint density at radius 2 is 2.14 bits per heavy atom. The number of carbonyl (C=O) groups excluding carboxylic acids is 2. The SMILES string of the molecule is Nc1c(C(=O)N2CCN3C(=O)NCC3C2)n[nH]c1C1CC1. The second-order valence-electron chi connectivity index (χ2n) is 5.96. The van der Waals surface area contributed by atoms with Gasteiger partial charge >= 0.3 is 6.03 Å². The normalized spacial score (nSPS) is 25.0. The van der Waals surface area contributed by atoms with E-state index in [1.54, 1.807) is 9.80 Å². The number of urea groups is 1. The van der Waals surface area contributed by atoms with E-state index < -0.39 is 0 Å². The monoisotopic (exact) mass is 290 g/mol. The molecule has 1 saturated carbocycles. The number of aromatic nitrogens is 2. The standard InChI is InChI=1S/C13H18N6O2/c14-9-10(7-1-2-7)16-17-11(9)12(20)18-3-4-19-8(6-18)5-15-13(19)21/h7-8H,1-6,14H2,(H,15,21)(H,16,17). The second-order valence-corrected chi connectivity index (χ2v) is 5.96. The fourth-order valence-electron chi connectivity index (χ4n) is 3.15. The van der Waals surface area contributed by atoms with Crippen LogP contribution in [0.25, 0.3) is 0 Å². The average Bonchev–Trinajstić information content (AvgIpc) is 3.17. The van der Waals surface area contributed by atoms with Gasteiger partial charge in [0.25, 0.3) is 5.91 Å². The lowest BCUT2D eigenvalue weighted by Crippen LogP contribution is -2.53. The molecule has 1 atom stereocenters. The number of hydrogen-bond acceptors (Lipinski definition) is 4. The quantitative estimate of drug-likeness (QED) is 0.696. The summed E-state index contributed by atoms with van der Waals surface area (Å²) in [5.41, 5.74) is 7.77. The molecule has 4 rings (SSSR count). The van der Waals surface area contributed by atoms with Crippen molar-refractivity contribution in [3.05, 3.63) is 11.4 Å². The molecule has 1 aromatic rings. The number of carbonyl (C=O) groups is 2. The van der Waals surface area contributed by atoms with Crippen molar-refractivity contribution in [1.82, 2.24) is 25.3 Å². The third kappa shape index (κ3) is 1.93. The summed E-state index contributed by atoms with van der Waals surface area (Å²) in [6.07, 6.45) is 2.21. The number of fused-ring (bicyclic) bond motifs is 1. The van der Waals surface area contributed by atoms with E-state index in [-0.39, 0.29) is 18.0 Å². The van der Waals surface area contributed by atoms with Gasteiger partial charge in [-0.1, -0.05) is 0 Å². The van der Waals surface area contributed by atoms with Crippen molar-refractivity contribution in [2.24, 2.45) is 0 Å². The van der Waals surface area contributed by atoms with Gasteiger partial charge in [0.05, 0.1) is 17.4 Å². The van der Waals surface area contributed by atoms with E-state index in [1.165, 1.54) is 0 Å².